The summed E-state index contributed by atoms with van der Waals surface area (Å²) in [7, 11) is -0.316. The lowest BCUT2D eigenvalue weighted by Gasteiger charge is -2.25. The summed E-state index contributed by atoms with van der Waals surface area (Å²) in [5.41, 5.74) is 0.993. The van der Waals surface area contributed by atoms with Crippen LogP contribution in [-0.4, -0.2) is 30.0 Å². The van der Waals surface area contributed by atoms with Crippen molar-refractivity contribution in [1.29, 1.82) is 0 Å². The van der Waals surface area contributed by atoms with E-state index in [9.17, 15) is 19.5 Å². The minimum absolute atomic E-state index is 0.182. The van der Waals surface area contributed by atoms with Gasteiger partial charge in [-0.05, 0) is 44.4 Å². The molecule has 0 saturated heterocycles. The van der Waals surface area contributed by atoms with E-state index in [0.29, 0.717) is 17.5 Å². The van der Waals surface area contributed by atoms with Crippen molar-refractivity contribution < 1.29 is 23.2 Å². The fourth-order valence-corrected chi connectivity index (χ4v) is 3.01. The summed E-state index contributed by atoms with van der Waals surface area (Å²) in [4.78, 5) is 20.6. The molecular weight excluding hydrogens is 337 g/mol. The molecule has 0 aliphatic carbocycles. The van der Waals surface area contributed by atoms with E-state index in [-0.39, 0.29) is 12.4 Å². The Hall–Kier alpha value is -2.48. The van der Waals surface area contributed by atoms with Gasteiger partial charge in [-0.1, -0.05) is 0 Å². The first kappa shape index (κ1) is 17.9. The summed E-state index contributed by atoms with van der Waals surface area (Å²) < 4.78 is 24.7. The highest BCUT2D eigenvalue weighted by molar-refractivity contribution is 7.58. The van der Waals surface area contributed by atoms with Gasteiger partial charge in [-0.15, -0.1) is 0 Å². The number of hydrogen-bond acceptors (Lipinski definition) is 6. The number of anilines is 1. The molecule has 128 valence electrons. The normalized spacial score (nSPS) is 13.5. The molecule has 0 aliphatic rings. The molecule has 0 radical (unpaired) electrons. The smallest absolute Gasteiger partial charge is 0.403 e. The van der Waals surface area contributed by atoms with Crippen molar-refractivity contribution in [2.75, 3.05) is 19.2 Å². The van der Waals surface area contributed by atoms with E-state index < -0.39 is 18.5 Å². The maximum absolute atomic E-state index is 12.9. The number of rotatable bonds is 8. The molecule has 2 aromatic rings. The van der Waals surface area contributed by atoms with Crippen molar-refractivity contribution in [3.63, 3.8) is 0 Å². The van der Waals surface area contributed by atoms with Crippen molar-refractivity contribution in [1.82, 2.24) is 4.67 Å². The van der Waals surface area contributed by atoms with Gasteiger partial charge in [0.25, 0.3) is 0 Å². The van der Waals surface area contributed by atoms with Gasteiger partial charge in [0.2, 0.25) is 0 Å². The Morgan fingerprint density at radius 1 is 1.29 bits per heavy atom. The minimum Gasteiger partial charge on any atom is -0.403 e. The first-order valence-corrected chi connectivity index (χ1v) is 8.41. The number of aldehydes is 1. The van der Waals surface area contributed by atoms with Gasteiger partial charge in [0.1, 0.15) is 23.6 Å². The zero-order valence-corrected chi connectivity index (χ0v) is 13.9. The molecule has 0 fully saturated rings. The zero-order valence-electron chi connectivity index (χ0n) is 13.0. The van der Waals surface area contributed by atoms with Gasteiger partial charge in [0.05, 0.1) is 6.07 Å². The average Bonchev–Trinajstić information content (AvgIpc) is 3.03. The Morgan fingerprint density at radius 2 is 1.96 bits per heavy atom. The van der Waals surface area contributed by atoms with Crippen molar-refractivity contribution in [2.45, 2.75) is 6.61 Å². The number of nitro groups is 1. The van der Waals surface area contributed by atoms with E-state index in [2.05, 4.69) is 5.09 Å². The Balaban J connectivity index is 2.09. The maximum atomic E-state index is 12.9. The fraction of sp³-hybridized carbons (Fsp3) is 0.214. The van der Waals surface area contributed by atoms with Gasteiger partial charge in [0, 0.05) is 11.3 Å². The molecule has 1 heterocycles. The third-order valence-electron chi connectivity index (χ3n) is 3.05. The SMILES string of the molecule is CN(C)P(=O)(Nc1ccc(C=O)cc1)OCc1ccc([N+](=O)[O-])o1. The van der Waals surface area contributed by atoms with Gasteiger partial charge >= 0.3 is 13.6 Å². The van der Waals surface area contributed by atoms with Crippen molar-refractivity contribution >= 4 is 25.5 Å². The number of nitrogens with one attached hydrogen (secondary N) is 1. The van der Waals surface area contributed by atoms with E-state index in [1.54, 1.807) is 38.4 Å². The molecule has 2 rings (SSSR count). The fourth-order valence-electron chi connectivity index (χ4n) is 1.74. The van der Waals surface area contributed by atoms with E-state index >= 15 is 0 Å². The lowest BCUT2D eigenvalue weighted by Crippen LogP contribution is -2.17. The van der Waals surface area contributed by atoms with Crippen molar-refractivity contribution in [3.8, 4) is 0 Å². The standard InChI is InChI=1S/C14H16N3O6P/c1-16(2)24(21,15-12-5-3-11(9-18)4-6-12)22-10-13-7-8-14(23-13)17(19)20/h3-9H,10H2,1-2H3,(H,15,21). The predicted molar refractivity (Wildman–Crippen MR) is 86.9 cm³/mol. The van der Waals surface area contributed by atoms with Gasteiger partial charge in [0.15, 0.2) is 0 Å². The summed E-state index contributed by atoms with van der Waals surface area (Å²) in [6, 6.07) is 8.93. The second-order valence-corrected chi connectivity index (χ2v) is 7.31. The van der Waals surface area contributed by atoms with Crippen LogP contribution in [0.1, 0.15) is 16.1 Å². The molecule has 0 bridgehead atoms. The van der Waals surface area contributed by atoms with Gasteiger partial charge < -0.3 is 9.50 Å². The highest BCUT2D eigenvalue weighted by Crippen LogP contribution is 2.49. The summed E-state index contributed by atoms with van der Waals surface area (Å²) in [5, 5.41) is 13.4. The Kier molecular flexibility index (Phi) is 5.50. The van der Waals surface area contributed by atoms with Crippen LogP contribution in [0.5, 0.6) is 0 Å². The molecule has 1 aromatic carbocycles. The number of hydrogen-bond donors (Lipinski definition) is 1. The van der Waals surface area contributed by atoms with Crippen LogP contribution >= 0.6 is 7.67 Å². The first-order valence-electron chi connectivity index (χ1n) is 6.83. The number of carbonyl (C=O) groups is 1. The molecule has 0 amide bonds. The van der Waals surface area contributed by atoms with Crippen LogP contribution in [-0.2, 0) is 15.7 Å². The molecule has 10 heteroatoms. The van der Waals surface area contributed by atoms with E-state index in [0.717, 1.165) is 0 Å². The topological polar surface area (TPSA) is 115 Å². The minimum atomic E-state index is -3.45. The summed E-state index contributed by atoms with van der Waals surface area (Å²) in [6.07, 6.45) is 0.704. The molecule has 1 unspecified atom stereocenters. The molecule has 0 aliphatic heterocycles. The molecule has 1 N–H and O–H groups in total. The van der Waals surface area contributed by atoms with Gasteiger partial charge in [-0.2, -0.15) is 0 Å². The number of benzene rings is 1. The van der Waals surface area contributed by atoms with Crippen molar-refractivity contribution in [3.05, 3.63) is 57.8 Å². The Labute approximate surface area is 137 Å². The third kappa shape index (κ3) is 4.29. The molecule has 24 heavy (non-hydrogen) atoms. The van der Waals surface area contributed by atoms with Gasteiger partial charge in [-0.25, -0.2) is 9.24 Å². The van der Waals surface area contributed by atoms with Crippen LogP contribution < -0.4 is 5.09 Å². The molecule has 0 spiro atoms. The highest BCUT2D eigenvalue weighted by Gasteiger charge is 2.27. The lowest BCUT2D eigenvalue weighted by molar-refractivity contribution is -0.402. The summed E-state index contributed by atoms with van der Waals surface area (Å²) >= 11 is 0. The van der Waals surface area contributed by atoms with Crippen LogP contribution in [0.4, 0.5) is 11.6 Å². The number of carbonyl (C=O) groups excluding carboxylic acids is 1. The summed E-state index contributed by atoms with van der Waals surface area (Å²) in [6.45, 7) is -0.206. The molecular formula is C14H16N3O6P. The lowest BCUT2D eigenvalue weighted by atomic mass is 10.2. The van der Waals surface area contributed by atoms with E-state index in [1.165, 1.54) is 16.8 Å². The second-order valence-electron chi connectivity index (χ2n) is 4.99. The summed E-state index contributed by atoms with van der Waals surface area (Å²) in [5.74, 6) is -0.229. The Morgan fingerprint density at radius 3 is 2.46 bits per heavy atom. The Bertz CT molecular complexity index is 771. The third-order valence-corrected chi connectivity index (χ3v) is 5.13. The predicted octanol–water partition coefficient (Wildman–Crippen LogP) is 3.30. The van der Waals surface area contributed by atoms with Crippen LogP contribution in [0.15, 0.2) is 40.8 Å². The van der Waals surface area contributed by atoms with Crippen LogP contribution in [0, 0.1) is 10.1 Å². The molecule has 1 atom stereocenters. The molecule has 0 saturated carbocycles. The van der Waals surface area contributed by atoms with Crippen LogP contribution in [0.25, 0.3) is 0 Å². The van der Waals surface area contributed by atoms with Crippen LogP contribution in [0.3, 0.4) is 0 Å². The number of furan rings is 1. The first-order chi connectivity index (χ1) is 11.3. The van der Waals surface area contributed by atoms with Gasteiger partial charge in [-0.3, -0.25) is 19.4 Å². The molecule has 1 aromatic heterocycles. The quantitative estimate of drug-likeness (QED) is 0.333. The largest absolute Gasteiger partial charge is 0.433 e. The van der Waals surface area contributed by atoms with E-state index in [1.807, 2.05) is 0 Å². The van der Waals surface area contributed by atoms with E-state index in [4.69, 9.17) is 8.94 Å². The average molecular weight is 353 g/mol. The zero-order chi connectivity index (χ0) is 17.7. The molecule has 9 nitrogen and oxygen atoms in total. The van der Waals surface area contributed by atoms with Crippen LogP contribution in [0.2, 0.25) is 0 Å². The second kappa shape index (κ2) is 7.39. The maximum Gasteiger partial charge on any atom is 0.433 e. The monoisotopic (exact) mass is 353 g/mol. The number of nitrogens with zero attached hydrogens (tertiary/aromatic N) is 2. The highest BCUT2D eigenvalue weighted by atomic mass is 31.2. The van der Waals surface area contributed by atoms with Crippen molar-refractivity contribution in [2.24, 2.45) is 0 Å².